The molecule has 3 rings (SSSR count). The summed E-state index contributed by atoms with van der Waals surface area (Å²) in [6.45, 7) is 0.462. The molecule has 1 aliphatic rings. The number of nitrogens with one attached hydrogen (secondary N) is 1. The summed E-state index contributed by atoms with van der Waals surface area (Å²) in [5, 5.41) is 1.52. The number of hydrogen-bond donors (Lipinski definition) is 1. The van der Waals surface area contributed by atoms with Crippen LogP contribution in [0.25, 0.3) is 10.8 Å². The lowest BCUT2D eigenvalue weighted by atomic mass is 10.1. The van der Waals surface area contributed by atoms with Gasteiger partial charge in [-0.25, -0.2) is 13.1 Å². The molecule has 0 bridgehead atoms. The molecule has 1 N–H and O–H groups in total. The third kappa shape index (κ3) is 3.05. The number of pyridine rings is 1. The van der Waals surface area contributed by atoms with E-state index in [9.17, 15) is 8.42 Å². The van der Waals surface area contributed by atoms with Crippen molar-refractivity contribution in [2.75, 3.05) is 12.4 Å². The molecule has 0 radical (unpaired) electrons. The Morgan fingerprint density at radius 1 is 1.29 bits per heavy atom. The molecule has 0 atom stereocenters. The molecule has 0 aliphatic heterocycles. The quantitative estimate of drug-likeness (QED) is 0.831. The normalized spacial score (nSPS) is 17.0. The van der Waals surface area contributed by atoms with Gasteiger partial charge in [0.15, 0.2) is 0 Å². The van der Waals surface area contributed by atoms with Crippen LogP contribution in [-0.4, -0.2) is 25.8 Å². The maximum absolute atomic E-state index is 12.6. The number of hydrogen-bond acceptors (Lipinski definition) is 3. The summed E-state index contributed by atoms with van der Waals surface area (Å²) >= 11 is 5.79. The van der Waals surface area contributed by atoms with Gasteiger partial charge in [-0.1, -0.05) is 12.1 Å². The number of rotatable bonds is 6. The summed E-state index contributed by atoms with van der Waals surface area (Å²) in [5.74, 6) is 0.571. The van der Waals surface area contributed by atoms with Crippen molar-refractivity contribution in [1.82, 2.24) is 9.71 Å². The monoisotopic (exact) mass is 324 g/mol. The van der Waals surface area contributed by atoms with E-state index in [1.807, 2.05) is 6.07 Å². The molecular formula is C15H17ClN2O2S. The minimum atomic E-state index is -3.52. The number of benzene rings is 1. The molecule has 0 amide bonds. The van der Waals surface area contributed by atoms with E-state index in [0.717, 1.165) is 24.6 Å². The SMILES string of the molecule is O=S(=O)(NCC1(CCCl)CC1)c1cccc2cnccc12. The zero-order chi connectivity index (χ0) is 14.9. The number of fused-ring (bicyclic) bond motifs is 1. The topological polar surface area (TPSA) is 59.1 Å². The number of sulfonamides is 1. The number of halogens is 1. The van der Waals surface area contributed by atoms with Crippen LogP contribution in [0.3, 0.4) is 0 Å². The van der Waals surface area contributed by atoms with Gasteiger partial charge in [0.05, 0.1) is 4.90 Å². The molecule has 1 aromatic heterocycles. The van der Waals surface area contributed by atoms with Gasteiger partial charge in [0.1, 0.15) is 0 Å². The van der Waals surface area contributed by atoms with Crippen molar-refractivity contribution in [3.63, 3.8) is 0 Å². The van der Waals surface area contributed by atoms with Crippen LogP contribution in [0.2, 0.25) is 0 Å². The van der Waals surface area contributed by atoms with E-state index < -0.39 is 10.0 Å². The first kappa shape index (κ1) is 14.8. The molecule has 0 saturated heterocycles. The second kappa shape index (κ2) is 5.55. The van der Waals surface area contributed by atoms with Crippen molar-refractivity contribution in [3.8, 4) is 0 Å². The lowest BCUT2D eigenvalue weighted by Crippen LogP contribution is -2.30. The van der Waals surface area contributed by atoms with E-state index in [4.69, 9.17) is 11.6 Å². The zero-order valence-electron chi connectivity index (χ0n) is 11.5. The average molecular weight is 325 g/mol. The van der Waals surface area contributed by atoms with E-state index in [1.165, 1.54) is 0 Å². The highest BCUT2D eigenvalue weighted by Gasteiger charge is 2.42. The Morgan fingerprint density at radius 2 is 2.10 bits per heavy atom. The van der Waals surface area contributed by atoms with Gasteiger partial charge in [-0.3, -0.25) is 4.98 Å². The van der Waals surface area contributed by atoms with E-state index in [0.29, 0.717) is 22.7 Å². The molecule has 1 saturated carbocycles. The van der Waals surface area contributed by atoms with Gasteiger partial charge < -0.3 is 0 Å². The Morgan fingerprint density at radius 3 is 2.81 bits per heavy atom. The number of nitrogens with zero attached hydrogens (tertiary/aromatic N) is 1. The van der Waals surface area contributed by atoms with Crippen molar-refractivity contribution in [2.45, 2.75) is 24.2 Å². The predicted octanol–water partition coefficient (Wildman–Crippen LogP) is 2.92. The van der Waals surface area contributed by atoms with Crippen LogP contribution in [-0.2, 0) is 10.0 Å². The first-order valence-electron chi connectivity index (χ1n) is 6.95. The van der Waals surface area contributed by atoms with Gasteiger partial charge in [-0.15, -0.1) is 11.6 Å². The van der Waals surface area contributed by atoms with E-state index in [-0.39, 0.29) is 5.41 Å². The van der Waals surface area contributed by atoms with Crippen molar-refractivity contribution in [3.05, 3.63) is 36.7 Å². The Hall–Kier alpha value is -1.17. The van der Waals surface area contributed by atoms with Crippen LogP contribution in [0.5, 0.6) is 0 Å². The maximum Gasteiger partial charge on any atom is 0.241 e. The predicted molar refractivity (Wildman–Crippen MR) is 83.9 cm³/mol. The lowest BCUT2D eigenvalue weighted by Gasteiger charge is -2.15. The standard InChI is InChI=1S/C15H17ClN2O2S/c16-8-7-15(5-6-15)11-18-21(19,20)14-3-1-2-12-10-17-9-4-13(12)14/h1-4,9-10,18H,5-8,11H2. The summed E-state index contributed by atoms with van der Waals surface area (Å²) in [4.78, 5) is 4.34. The summed E-state index contributed by atoms with van der Waals surface area (Å²) < 4.78 is 27.9. The molecule has 1 aromatic carbocycles. The highest BCUT2D eigenvalue weighted by Crippen LogP contribution is 2.48. The van der Waals surface area contributed by atoms with Gasteiger partial charge in [-0.2, -0.15) is 0 Å². The molecule has 21 heavy (non-hydrogen) atoms. The van der Waals surface area contributed by atoms with Gasteiger partial charge in [0.2, 0.25) is 10.0 Å². The minimum absolute atomic E-state index is 0.0704. The van der Waals surface area contributed by atoms with Gasteiger partial charge in [0.25, 0.3) is 0 Å². The first-order chi connectivity index (χ1) is 10.1. The van der Waals surface area contributed by atoms with Crippen molar-refractivity contribution in [1.29, 1.82) is 0 Å². The van der Waals surface area contributed by atoms with Crippen LogP contribution < -0.4 is 4.72 Å². The van der Waals surface area contributed by atoms with Crippen LogP contribution in [0.15, 0.2) is 41.6 Å². The zero-order valence-corrected chi connectivity index (χ0v) is 13.1. The molecule has 0 unspecified atom stereocenters. The Labute approximate surface area is 129 Å². The first-order valence-corrected chi connectivity index (χ1v) is 8.97. The molecule has 112 valence electrons. The summed E-state index contributed by atoms with van der Waals surface area (Å²) in [6, 6.07) is 6.96. The van der Waals surface area contributed by atoms with E-state index in [2.05, 4.69) is 9.71 Å². The number of aromatic nitrogens is 1. The average Bonchev–Trinajstić information content (AvgIpc) is 3.25. The molecular weight excluding hydrogens is 308 g/mol. The van der Waals surface area contributed by atoms with Crippen LogP contribution >= 0.6 is 11.6 Å². The third-order valence-electron chi connectivity index (χ3n) is 4.15. The summed E-state index contributed by atoms with van der Waals surface area (Å²) in [5.41, 5.74) is 0.0704. The van der Waals surface area contributed by atoms with Crippen LogP contribution in [0.1, 0.15) is 19.3 Å². The van der Waals surface area contributed by atoms with Crippen molar-refractivity contribution in [2.24, 2.45) is 5.41 Å². The fourth-order valence-corrected chi connectivity index (χ4v) is 4.33. The Balaban J connectivity index is 1.87. The van der Waals surface area contributed by atoms with Crippen LogP contribution in [0, 0.1) is 5.41 Å². The molecule has 1 heterocycles. The second-order valence-corrected chi connectivity index (χ2v) is 7.73. The van der Waals surface area contributed by atoms with Gasteiger partial charge in [-0.05, 0) is 36.8 Å². The molecule has 0 spiro atoms. The van der Waals surface area contributed by atoms with E-state index in [1.54, 1.807) is 30.6 Å². The largest absolute Gasteiger partial charge is 0.264 e. The second-order valence-electron chi connectivity index (χ2n) is 5.62. The maximum atomic E-state index is 12.6. The third-order valence-corrected chi connectivity index (χ3v) is 5.80. The molecule has 1 fully saturated rings. The fraction of sp³-hybridized carbons (Fsp3) is 0.400. The number of alkyl halides is 1. The van der Waals surface area contributed by atoms with Crippen molar-refractivity contribution < 1.29 is 8.42 Å². The fourth-order valence-electron chi connectivity index (χ4n) is 2.55. The molecule has 1 aliphatic carbocycles. The molecule has 2 aromatic rings. The van der Waals surface area contributed by atoms with Gasteiger partial charge in [0, 0.05) is 35.6 Å². The van der Waals surface area contributed by atoms with Gasteiger partial charge >= 0.3 is 0 Å². The Kier molecular flexibility index (Phi) is 3.90. The Bertz CT molecular complexity index is 752. The van der Waals surface area contributed by atoms with Crippen LogP contribution in [0.4, 0.5) is 0 Å². The van der Waals surface area contributed by atoms with Crippen molar-refractivity contribution >= 4 is 32.4 Å². The summed E-state index contributed by atoms with van der Waals surface area (Å²) in [7, 11) is -3.52. The highest BCUT2D eigenvalue weighted by atomic mass is 35.5. The molecule has 6 heteroatoms. The smallest absolute Gasteiger partial charge is 0.241 e. The molecule has 4 nitrogen and oxygen atoms in total. The minimum Gasteiger partial charge on any atom is -0.264 e. The summed E-state index contributed by atoms with van der Waals surface area (Å²) in [6.07, 6.45) is 6.22. The highest BCUT2D eigenvalue weighted by molar-refractivity contribution is 7.89. The lowest BCUT2D eigenvalue weighted by molar-refractivity contribution is 0.478. The van der Waals surface area contributed by atoms with E-state index >= 15 is 0 Å².